The van der Waals surface area contributed by atoms with E-state index in [1.807, 2.05) is 18.2 Å². The molecule has 2 rings (SSSR count). The number of benzene rings is 1. The maximum Gasteiger partial charge on any atom is 0.215 e. The van der Waals surface area contributed by atoms with Crippen LogP contribution in [0.5, 0.6) is 0 Å². The van der Waals surface area contributed by atoms with Crippen molar-refractivity contribution < 1.29 is 4.39 Å². The van der Waals surface area contributed by atoms with Gasteiger partial charge in [-0.25, -0.2) is 4.98 Å². The van der Waals surface area contributed by atoms with Crippen molar-refractivity contribution in [1.29, 1.82) is 0 Å². The molecule has 2 heteroatoms. The largest absolute Gasteiger partial charge is 0.227 e. The molecule has 1 heterocycles. The predicted molar refractivity (Wildman–Crippen MR) is 73.1 cm³/mol. The molecule has 18 heavy (non-hydrogen) atoms. The first-order chi connectivity index (χ1) is 8.38. The highest BCUT2D eigenvalue weighted by Crippen LogP contribution is 2.27. The van der Waals surface area contributed by atoms with E-state index in [4.69, 9.17) is 0 Å². The third-order valence-corrected chi connectivity index (χ3v) is 3.08. The van der Waals surface area contributed by atoms with E-state index in [-0.39, 0.29) is 5.41 Å². The quantitative estimate of drug-likeness (QED) is 0.672. The molecule has 1 aromatic carbocycles. The Morgan fingerprint density at radius 1 is 1.06 bits per heavy atom. The maximum atomic E-state index is 13.2. The number of pyridine rings is 1. The normalized spacial score (nSPS) is 11.6. The molecule has 0 aliphatic heterocycles. The Kier molecular flexibility index (Phi) is 3.20. The number of rotatable bonds is 1. The zero-order valence-electron chi connectivity index (χ0n) is 11.3. The molecule has 1 aromatic heterocycles. The van der Waals surface area contributed by atoms with Crippen molar-refractivity contribution in [3.05, 3.63) is 53.6 Å². The first-order valence-electron chi connectivity index (χ1n) is 6.11. The number of hydrogen-bond donors (Lipinski definition) is 0. The van der Waals surface area contributed by atoms with Gasteiger partial charge in [0.15, 0.2) is 0 Å². The fourth-order valence-corrected chi connectivity index (χ4v) is 1.88. The highest BCUT2D eigenvalue weighted by molar-refractivity contribution is 5.64. The molecule has 0 spiro atoms. The summed E-state index contributed by atoms with van der Waals surface area (Å²) < 4.78 is 13.2. The van der Waals surface area contributed by atoms with Gasteiger partial charge in [-0.1, -0.05) is 45.0 Å². The maximum absolute atomic E-state index is 13.2. The lowest BCUT2D eigenvalue weighted by Gasteiger charge is -2.19. The first kappa shape index (κ1) is 12.7. The molecule has 0 fully saturated rings. The minimum absolute atomic E-state index is 0.110. The number of aromatic nitrogens is 1. The lowest BCUT2D eigenvalue weighted by molar-refractivity contribution is 0.574. The van der Waals surface area contributed by atoms with Gasteiger partial charge in [0.2, 0.25) is 5.95 Å². The van der Waals surface area contributed by atoms with Crippen LogP contribution >= 0.6 is 0 Å². The topological polar surface area (TPSA) is 12.9 Å². The second kappa shape index (κ2) is 4.52. The van der Waals surface area contributed by atoms with Gasteiger partial charge in [-0.3, -0.25) is 0 Å². The predicted octanol–water partition coefficient (Wildman–Crippen LogP) is 4.49. The molecule has 1 nitrogen and oxygen atoms in total. The van der Waals surface area contributed by atoms with E-state index >= 15 is 0 Å². The Balaban J connectivity index is 2.48. The number of hydrogen-bond acceptors (Lipinski definition) is 1. The van der Waals surface area contributed by atoms with Crippen LogP contribution in [0.1, 0.15) is 31.9 Å². The fraction of sp³-hybridized carbons (Fsp3) is 0.312. The lowest BCUT2D eigenvalue weighted by atomic mass is 9.85. The van der Waals surface area contributed by atoms with E-state index in [0.717, 1.165) is 11.1 Å². The second-order valence-electron chi connectivity index (χ2n) is 5.66. The average Bonchev–Trinajstić information content (AvgIpc) is 2.32. The van der Waals surface area contributed by atoms with Gasteiger partial charge in [-0.15, -0.1) is 0 Å². The van der Waals surface area contributed by atoms with E-state index in [1.54, 1.807) is 13.1 Å². The second-order valence-corrected chi connectivity index (χ2v) is 5.66. The molecule has 0 aliphatic carbocycles. The summed E-state index contributed by atoms with van der Waals surface area (Å²) in [5.41, 5.74) is 3.99. The average molecular weight is 243 g/mol. The Hall–Kier alpha value is -1.70. The van der Waals surface area contributed by atoms with Crippen LogP contribution in [0, 0.1) is 12.9 Å². The van der Waals surface area contributed by atoms with Crippen LogP contribution in [-0.4, -0.2) is 4.98 Å². The van der Waals surface area contributed by atoms with Crippen molar-refractivity contribution in [2.75, 3.05) is 0 Å². The van der Waals surface area contributed by atoms with Crippen molar-refractivity contribution in [2.24, 2.45) is 0 Å². The molecule has 94 valence electrons. The number of halogens is 1. The van der Waals surface area contributed by atoms with Crippen LogP contribution in [0.3, 0.4) is 0 Å². The molecule has 2 aromatic rings. The zero-order valence-corrected chi connectivity index (χ0v) is 11.3. The standard InChI is InChI=1S/C16H18FN/c1-11-8-13(10-18-15(11)17)12-6-5-7-14(9-12)16(2,3)4/h5-10H,1-4H3. The molecule has 0 radical (unpaired) electrons. The summed E-state index contributed by atoms with van der Waals surface area (Å²) in [5.74, 6) is -0.397. The zero-order chi connectivity index (χ0) is 13.3. The summed E-state index contributed by atoms with van der Waals surface area (Å²) in [6, 6.07) is 10.2. The molecule has 0 amide bonds. The fourth-order valence-electron chi connectivity index (χ4n) is 1.88. The van der Waals surface area contributed by atoms with Crippen molar-refractivity contribution in [2.45, 2.75) is 33.1 Å². The van der Waals surface area contributed by atoms with Gasteiger partial charge in [0.1, 0.15) is 0 Å². The summed E-state index contributed by atoms with van der Waals surface area (Å²) in [4.78, 5) is 3.78. The van der Waals surface area contributed by atoms with Gasteiger partial charge < -0.3 is 0 Å². The Bertz CT molecular complexity index is 568. The van der Waals surface area contributed by atoms with E-state index in [0.29, 0.717) is 5.56 Å². The molecular formula is C16H18FN. The minimum Gasteiger partial charge on any atom is -0.227 e. The van der Waals surface area contributed by atoms with Crippen molar-refractivity contribution in [3.8, 4) is 11.1 Å². The van der Waals surface area contributed by atoms with Gasteiger partial charge in [0.05, 0.1) is 0 Å². The molecule has 0 N–H and O–H groups in total. The minimum atomic E-state index is -0.397. The number of aryl methyl sites for hydroxylation is 1. The molecule has 0 aliphatic rings. The smallest absolute Gasteiger partial charge is 0.215 e. The van der Waals surface area contributed by atoms with Crippen molar-refractivity contribution in [1.82, 2.24) is 4.98 Å². The van der Waals surface area contributed by atoms with E-state index in [9.17, 15) is 4.39 Å². The van der Waals surface area contributed by atoms with Crippen LogP contribution in [-0.2, 0) is 5.41 Å². The lowest BCUT2D eigenvalue weighted by Crippen LogP contribution is -2.10. The highest BCUT2D eigenvalue weighted by atomic mass is 19.1. The Morgan fingerprint density at radius 2 is 1.78 bits per heavy atom. The molecule has 0 bridgehead atoms. The van der Waals surface area contributed by atoms with E-state index in [2.05, 4.69) is 37.9 Å². The van der Waals surface area contributed by atoms with E-state index < -0.39 is 5.95 Å². The van der Waals surface area contributed by atoms with Gasteiger partial charge in [-0.05, 0) is 29.5 Å². The summed E-state index contributed by atoms with van der Waals surface area (Å²) in [5, 5.41) is 0. The molecule has 0 unspecified atom stereocenters. The number of nitrogens with zero attached hydrogens (tertiary/aromatic N) is 1. The van der Waals surface area contributed by atoms with Crippen molar-refractivity contribution >= 4 is 0 Å². The third kappa shape index (κ3) is 2.58. The van der Waals surface area contributed by atoms with Crippen LogP contribution < -0.4 is 0 Å². The van der Waals surface area contributed by atoms with E-state index in [1.165, 1.54) is 5.56 Å². The molecular weight excluding hydrogens is 225 g/mol. The van der Waals surface area contributed by atoms with Crippen LogP contribution in [0.2, 0.25) is 0 Å². The monoisotopic (exact) mass is 243 g/mol. The SMILES string of the molecule is Cc1cc(-c2cccc(C(C)(C)C)c2)cnc1F. The summed E-state index contributed by atoms with van der Waals surface area (Å²) in [7, 11) is 0. The third-order valence-electron chi connectivity index (χ3n) is 3.08. The van der Waals surface area contributed by atoms with Crippen LogP contribution in [0.15, 0.2) is 36.5 Å². The molecule has 0 saturated carbocycles. The van der Waals surface area contributed by atoms with Gasteiger partial charge in [0.25, 0.3) is 0 Å². The highest BCUT2D eigenvalue weighted by Gasteiger charge is 2.14. The van der Waals surface area contributed by atoms with Gasteiger partial charge in [0, 0.05) is 17.3 Å². The van der Waals surface area contributed by atoms with Crippen LogP contribution in [0.25, 0.3) is 11.1 Å². The first-order valence-corrected chi connectivity index (χ1v) is 6.11. The summed E-state index contributed by atoms with van der Waals surface area (Å²) >= 11 is 0. The molecule has 0 atom stereocenters. The van der Waals surface area contributed by atoms with Gasteiger partial charge >= 0.3 is 0 Å². The molecule has 0 saturated heterocycles. The van der Waals surface area contributed by atoms with Crippen molar-refractivity contribution in [3.63, 3.8) is 0 Å². The summed E-state index contributed by atoms with van der Waals surface area (Å²) in [6.07, 6.45) is 1.59. The van der Waals surface area contributed by atoms with Gasteiger partial charge in [-0.2, -0.15) is 4.39 Å². The Labute approximate surface area is 108 Å². The van der Waals surface area contributed by atoms with Crippen LogP contribution in [0.4, 0.5) is 4.39 Å². The summed E-state index contributed by atoms with van der Waals surface area (Å²) in [6.45, 7) is 8.28. The Morgan fingerprint density at radius 3 is 2.39 bits per heavy atom.